The molecule has 2 heteroatoms. The Morgan fingerprint density at radius 2 is 1.86 bits per heavy atom. The molecule has 0 N–H and O–H groups in total. The molecule has 3 rings (SSSR count). The number of hydrogen-bond acceptors (Lipinski definition) is 1. The molecule has 0 amide bonds. The van der Waals surface area contributed by atoms with Crippen LogP contribution in [0.2, 0.25) is 0 Å². The fourth-order valence-electron chi connectivity index (χ4n) is 3.52. The summed E-state index contributed by atoms with van der Waals surface area (Å²) in [5.41, 5.74) is 3.56. The third-order valence-electron chi connectivity index (χ3n) is 5.08. The molecule has 1 nitrogen and oxygen atoms in total. The van der Waals surface area contributed by atoms with E-state index in [0.717, 1.165) is 17.0 Å². The average Bonchev–Trinajstić information content (AvgIpc) is 2.56. The van der Waals surface area contributed by atoms with Gasteiger partial charge in [0.1, 0.15) is 5.82 Å². The second kappa shape index (κ2) is 6.60. The zero-order chi connectivity index (χ0) is 15.5. The van der Waals surface area contributed by atoms with Crippen LogP contribution in [0.5, 0.6) is 0 Å². The Morgan fingerprint density at radius 3 is 2.45 bits per heavy atom. The Kier molecular flexibility index (Phi) is 4.56. The smallest absolute Gasteiger partial charge is 0.132 e. The van der Waals surface area contributed by atoms with Gasteiger partial charge >= 0.3 is 0 Å². The molecule has 2 aromatic rings. The van der Waals surface area contributed by atoms with E-state index in [1.165, 1.54) is 32.1 Å². The van der Waals surface area contributed by atoms with Crippen LogP contribution < -0.4 is 0 Å². The first-order valence-electron chi connectivity index (χ1n) is 8.40. The van der Waals surface area contributed by atoms with Gasteiger partial charge in [-0.15, -0.1) is 0 Å². The first-order chi connectivity index (χ1) is 10.7. The normalized spacial score (nSPS) is 21.8. The Bertz CT molecular complexity index is 625. The third-order valence-corrected chi connectivity index (χ3v) is 5.08. The molecule has 1 saturated carbocycles. The van der Waals surface area contributed by atoms with E-state index in [2.05, 4.69) is 18.0 Å². The summed E-state index contributed by atoms with van der Waals surface area (Å²) >= 11 is 0. The minimum absolute atomic E-state index is 0.147. The lowest BCUT2D eigenvalue weighted by Gasteiger charge is -2.28. The van der Waals surface area contributed by atoms with Crippen molar-refractivity contribution in [2.45, 2.75) is 51.9 Å². The van der Waals surface area contributed by atoms with Crippen LogP contribution >= 0.6 is 0 Å². The summed E-state index contributed by atoms with van der Waals surface area (Å²) < 4.78 is 14.5. The molecule has 1 heterocycles. The van der Waals surface area contributed by atoms with E-state index in [1.807, 2.05) is 25.1 Å². The molecule has 1 fully saturated rings. The lowest BCUT2D eigenvalue weighted by molar-refractivity contribution is 0.318. The molecule has 0 bridgehead atoms. The Hall–Kier alpha value is -1.70. The van der Waals surface area contributed by atoms with E-state index >= 15 is 0 Å². The molecule has 116 valence electrons. The van der Waals surface area contributed by atoms with E-state index in [9.17, 15) is 4.39 Å². The van der Waals surface area contributed by atoms with Crippen LogP contribution in [0.4, 0.5) is 4.39 Å². The Morgan fingerprint density at radius 1 is 1.09 bits per heavy atom. The van der Waals surface area contributed by atoms with E-state index in [4.69, 9.17) is 0 Å². The Balaban J connectivity index is 1.79. The van der Waals surface area contributed by atoms with Gasteiger partial charge in [-0.3, -0.25) is 4.98 Å². The largest absolute Gasteiger partial charge is 0.256 e. The van der Waals surface area contributed by atoms with Gasteiger partial charge in [0.15, 0.2) is 0 Å². The van der Waals surface area contributed by atoms with Crippen molar-refractivity contribution in [2.24, 2.45) is 5.92 Å². The zero-order valence-electron chi connectivity index (χ0n) is 13.5. The topological polar surface area (TPSA) is 12.9 Å². The molecule has 0 radical (unpaired) electrons. The van der Waals surface area contributed by atoms with Crippen molar-refractivity contribution in [3.05, 3.63) is 53.5 Å². The highest BCUT2D eigenvalue weighted by atomic mass is 19.1. The molecule has 0 unspecified atom stereocenters. The number of hydrogen-bond donors (Lipinski definition) is 0. The second-order valence-electron chi connectivity index (χ2n) is 6.59. The molecule has 1 aromatic heterocycles. The van der Waals surface area contributed by atoms with Gasteiger partial charge in [0, 0.05) is 11.8 Å². The fraction of sp³-hybridized carbons (Fsp3) is 0.450. The molecular formula is C20H24FN. The SMILES string of the molecule is CC[C@H]1CC[C@H](c2ccc(-c3ccc(C)cn3)c(F)c2)CC1. The van der Waals surface area contributed by atoms with Crippen molar-refractivity contribution in [1.29, 1.82) is 0 Å². The maximum Gasteiger partial charge on any atom is 0.132 e. The number of rotatable bonds is 3. The zero-order valence-corrected chi connectivity index (χ0v) is 13.5. The molecule has 0 atom stereocenters. The number of halogens is 1. The Labute approximate surface area is 132 Å². The summed E-state index contributed by atoms with van der Waals surface area (Å²) in [5, 5.41) is 0. The van der Waals surface area contributed by atoms with Crippen molar-refractivity contribution in [1.82, 2.24) is 4.98 Å². The van der Waals surface area contributed by atoms with E-state index < -0.39 is 0 Å². The monoisotopic (exact) mass is 297 g/mol. The molecule has 0 aliphatic heterocycles. The minimum Gasteiger partial charge on any atom is -0.256 e. The molecule has 1 aliphatic carbocycles. The summed E-state index contributed by atoms with van der Waals surface area (Å²) in [6.45, 7) is 4.26. The quantitative estimate of drug-likeness (QED) is 0.689. The molecule has 22 heavy (non-hydrogen) atoms. The number of benzene rings is 1. The highest BCUT2D eigenvalue weighted by Gasteiger charge is 2.22. The van der Waals surface area contributed by atoms with Crippen LogP contribution in [0.1, 0.15) is 56.1 Å². The van der Waals surface area contributed by atoms with Crippen molar-refractivity contribution >= 4 is 0 Å². The number of aryl methyl sites for hydroxylation is 1. The first kappa shape index (κ1) is 15.2. The lowest BCUT2D eigenvalue weighted by atomic mass is 9.77. The average molecular weight is 297 g/mol. The summed E-state index contributed by atoms with van der Waals surface area (Å²) in [6, 6.07) is 9.58. The van der Waals surface area contributed by atoms with Gasteiger partial charge < -0.3 is 0 Å². The number of pyridine rings is 1. The summed E-state index contributed by atoms with van der Waals surface area (Å²) in [6.07, 6.45) is 8.02. The summed E-state index contributed by atoms with van der Waals surface area (Å²) in [5.74, 6) is 1.25. The van der Waals surface area contributed by atoms with Crippen molar-refractivity contribution in [3.63, 3.8) is 0 Å². The minimum atomic E-state index is -0.147. The van der Waals surface area contributed by atoms with E-state index in [0.29, 0.717) is 17.2 Å². The van der Waals surface area contributed by atoms with Crippen LogP contribution in [0, 0.1) is 18.7 Å². The predicted octanol–water partition coefficient (Wildman–Crippen LogP) is 5.88. The summed E-state index contributed by atoms with van der Waals surface area (Å²) in [7, 11) is 0. The highest BCUT2D eigenvalue weighted by Crippen LogP contribution is 2.37. The van der Waals surface area contributed by atoms with Gasteiger partial charge in [0.25, 0.3) is 0 Å². The van der Waals surface area contributed by atoms with Gasteiger partial charge in [-0.2, -0.15) is 0 Å². The second-order valence-corrected chi connectivity index (χ2v) is 6.59. The summed E-state index contributed by atoms with van der Waals surface area (Å²) in [4.78, 5) is 4.33. The third kappa shape index (κ3) is 3.21. The highest BCUT2D eigenvalue weighted by molar-refractivity contribution is 5.60. The molecular weight excluding hydrogens is 273 g/mol. The first-order valence-corrected chi connectivity index (χ1v) is 8.40. The number of aromatic nitrogens is 1. The molecule has 1 aliphatic rings. The maximum absolute atomic E-state index is 14.5. The lowest BCUT2D eigenvalue weighted by Crippen LogP contribution is -2.12. The van der Waals surface area contributed by atoms with Gasteiger partial charge in [-0.1, -0.05) is 25.5 Å². The van der Waals surface area contributed by atoms with Gasteiger partial charge in [-0.05, 0) is 73.8 Å². The molecule has 1 aromatic carbocycles. The fourth-order valence-corrected chi connectivity index (χ4v) is 3.52. The van der Waals surface area contributed by atoms with Crippen LogP contribution in [0.15, 0.2) is 36.5 Å². The van der Waals surface area contributed by atoms with Crippen LogP contribution in [-0.2, 0) is 0 Å². The van der Waals surface area contributed by atoms with Gasteiger partial charge in [-0.25, -0.2) is 4.39 Å². The van der Waals surface area contributed by atoms with Crippen molar-refractivity contribution in [3.8, 4) is 11.3 Å². The van der Waals surface area contributed by atoms with E-state index in [1.54, 1.807) is 12.3 Å². The van der Waals surface area contributed by atoms with Crippen LogP contribution in [0.3, 0.4) is 0 Å². The van der Waals surface area contributed by atoms with Crippen molar-refractivity contribution < 1.29 is 4.39 Å². The predicted molar refractivity (Wildman–Crippen MR) is 89.4 cm³/mol. The molecule has 0 saturated heterocycles. The molecule has 0 spiro atoms. The number of nitrogens with zero attached hydrogens (tertiary/aromatic N) is 1. The maximum atomic E-state index is 14.5. The van der Waals surface area contributed by atoms with Crippen molar-refractivity contribution in [2.75, 3.05) is 0 Å². The van der Waals surface area contributed by atoms with Gasteiger partial charge in [0.05, 0.1) is 5.69 Å². The standard InChI is InChI=1S/C20H24FN/c1-3-15-5-7-16(8-6-15)17-9-10-18(19(21)12-17)20-11-4-14(2)13-22-20/h4,9-13,15-16H,3,5-8H2,1-2H3/t15-,16-. The van der Waals surface area contributed by atoms with E-state index in [-0.39, 0.29) is 5.82 Å². The van der Waals surface area contributed by atoms with Gasteiger partial charge in [0.2, 0.25) is 0 Å². The van der Waals surface area contributed by atoms with Crippen LogP contribution in [0.25, 0.3) is 11.3 Å². The van der Waals surface area contributed by atoms with Crippen LogP contribution in [-0.4, -0.2) is 4.98 Å².